The molecule has 0 aliphatic heterocycles. The number of halogens is 1. The van der Waals surface area contributed by atoms with Crippen LogP contribution in [0.3, 0.4) is 0 Å². The second-order valence-electron chi connectivity index (χ2n) is 6.13. The van der Waals surface area contributed by atoms with Gasteiger partial charge >= 0.3 is 0 Å². The van der Waals surface area contributed by atoms with Crippen molar-refractivity contribution >= 4 is 22.7 Å². The SMILES string of the molecule is CC(C)NC(=O)C(=O)c1cn(Cc2ccc(F)cc2)c2ncccc12. The zero-order chi connectivity index (χ0) is 18.0. The molecule has 0 aliphatic rings. The minimum Gasteiger partial charge on any atom is -0.347 e. The molecule has 0 unspecified atom stereocenters. The molecule has 0 atom stereocenters. The Labute approximate surface area is 144 Å². The number of fused-ring (bicyclic) bond motifs is 1. The number of Topliss-reactive ketones (excluding diaryl/α,β-unsaturated/α-hetero) is 1. The smallest absolute Gasteiger partial charge is 0.292 e. The first-order valence-corrected chi connectivity index (χ1v) is 7.99. The van der Waals surface area contributed by atoms with Crippen LogP contribution in [0.15, 0.2) is 48.8 Å². The molecule has 6 heteroatoms. The Hall–Kier alpha value is -3.02. The van der Waals surface area contributed by atoms with Crippen molar-refractivity contribution in [3.63, 3.8) is 0 Å². The molecule has 0 fully saturated rings. The summed E-state index contributed by atoms with van der Waals surface area (Å²) in [6.07, 6.45) is 3.26. The molecule has 0 saturated heterocycles. The predicted molar refractivity (Wildman–Crippen MR) is 92.8 cm³/mol. The average molecular weight is 339 g/mol. The molecule has 0 radical (unpaired) electrons. The number of nitrogens with zero attached hydrogens (tertiary/aromatic N) is 2. The maximum Gasteiger partial charge on any atom is 0.292 e. The highest BCUT2D eigenvalue weighted by Crippen LogP contribution is 2.21. The van der Waals surface area contributed by atoms with Crippen LogP contribution in [0.2, 0.25) is 0 Å². The molecule has 1 amide bonds. The molecule has 3 rings (SSSR count). The lowest BCUT2D eigenvalue weighted by molar-refractivity contribution is -0.117. The van der Waals surface area contributed by atoms with E-state index in [2.05, 4.69) is 10.3 Å². The van der Waals surface area contributed by atoms with Gasteiger partial charge in [0.2, 0.25) is 0 Å². The van der Waals surface area contributed by atoms with Gasteiger partial charge in [-0.2, -0.15) is 0 Å². The number of nitrogens with one attached hydrogen (secondary N) is 1. The highest BCUT2D eigenvalue weighted by Gasteiger charge is 2.22. The number of aromatic nitrogens is 2. The first-order valence-electron chi connectivity index (χ1n) is 7.99. The van der Waals surface area contributed by atoms with Crippen LogP contribution in [-0.2, 0) is 11.3 Å². The summed E-state index contributed by atoms with van der Waals surface area (Å²) >= 11 is 0. The van der Waals surface area contributed by atoms with Gasteiger partial charge in [-0.25, -0.2) is 9.37 Å². The molecule has 0 aliphatic carbocycles. The molecule has 5 nitrogen and oxygen atoms in total. The molecule has 25 heavy (non-hydrogen) atoms. The Balaban J connectivity index is 1.99. The fourth-order valence-corrected chi connectivity index (χ4v) is 2.66. The lowest BCUT2D eigenvalue weighted by Gasteiger charge is -2.06. The summed E-state index contributed by atoms with van der Waals surface area (Å²) in [7, 11) is 0. The van der Waals surface area contributed by atoms with Gasteiger partial charge in [0.15, 0.2) is 0 Å². The summed E-state index contributed by atoms with van der Waals surface area (Å²) in [5, 5.41) is 3.23. The third kappa shape index (κ3) is 3.57. The van der Waals surface area contributed by atoms with Crippen LogP contribution < -0.4 is 5.32 Å². The number of hydrogen-bond donors (Lipinski definition) is 1. The highest BCUT2D eigenvalue weighted by atomic mass is 19.1. The topological polar surface area (TPSA) is 64.0 Å². The van der Waals surface area contributed by atoms with Gasteiger partial charge in [0.25, 0.3) is 11.7 Å². The van der Waals surface area contributed by atoms with Gasteiger partial charge in [0.05, 0.1) is 5.56 Å². The second-order valence-corrected chi connectivity index (χ2v) is 6.13. The van der Waals surface area contributed by atoms with Crippen molar-refractivity contribution in [2.24, 2.45) is 0 Å². The molecule has 0 saturated carbocycles. The maximum absolute atomic E-state index is 13.1. The van der Waals surface area contributed by atoms with Crippen molar-refractivity contribution in [2.45, 2.75) is 26.4 Å². The zero-order valence-electron chi connectivity index (χ0n) is 14.0. The Morgan fingerprint density at radius 1 is 1.20 bits per heavy atom. The van der Waals surface area contributed by atoms with Crippen LogP contribution in [0, 0.1) is 5.82 Å². The van der Waals surface area contributed by atoms with E-state index < -0.39 is 11.7 Å². The third-order valence-electron chi connectivity index (χ3n) is 3.77. The van der Waals surface area contributed by atoms with Crippen LogP contribution in [-0.4, -0.2) is 27.3 Å². The van der Waals surface area contributed by atoms with Crippen molar-refractivity contribution in [3.05, 3.63) is 65.7 Å². The quantitative estimate of drug-likeness (QED) is 0.574. The van der Waals surface area contributed by atoms with Gasteiger partial charge < -0.3 is 9.88 Å². The van der Waals surface area contributed by atoms with Crippen molar-refractivity contribution in [3.8, 4) is 0 Å². The molecule has 3 aromatic rings. The summed E-state index contributed by atoms with van der Waals surface area (Å²) in [6, 6.07) is 9.49. The summed E-state index contributed by atoms with van der Waals surface area (Å²) in [6.45, 7) is 4.02. The first-order chi connectivity index (χ1) is 12.0. The Morgan fingerprint density at radius 2 is 1.92 bits per heavy atom. The van der Waals surface area contributed by atoms with Crippen LogP contribution in [0.1, 0.15) is 29.8 Å². The Bertz CT molecular complexity index is 929. The van der Waals surface area contributed by atoms with Gasteiger partial charge in [-0.15, -0.1) is 0 Å². The molecular weight excluding hydrogens is 321 g/mol. The van der Waals surface area contributed by atoms with E-state index in [0.717, 1.165) is 5.56 Å². The number of benzene rings is 1. The molecule has 1 N–H and O–H groups in total. The van der Waals surface area contributed by atoms with Crippen molar-refractivity contribution in [2.75, 3.05) is 0 Å². The van der Waals surface area contributed by atoms with E-state index in [-0.39, 0.29) is 11.9 Å². The number of ketones is 1. The normalized spacial score (nSPS) is 11.0. The molecule has 2 heterocycles. The number of hydrogen-bond acceptors (Lipinski definition) is 3. The molecule has 1 aromatic carbocycles. The van der Waals surface area contributed by atoms with Crippen LogP contribution in [0.25, 0.3) is 11.0 Å². The molecular formula is C19H18FN3O2. The van der Waals surface area contributed by atoms with E-state index in [1.807, 2.05) is 0 Å². The number of carbonyl (C=O) groups is 2. The standard InChI is InChI=1S/C19H18FN3O2/c1-12(2)22-19(25)17(24)16-11-23(18-15(16)4-3-9-21-18)10-13-5-7-14(20)8-6-13/h3-9,11-12H,10H2,1-2H3,(H,22,25). The first kappa shape index (κ1) is 16.8. The summed E-state index contributed by atoms with van der Waals surface area (Å²) in [5.41, 5.74) is 1.78. The lowest BCUT2D eigenvalue weighted by Crippen LogP contribution is -2.35. The minimum atomic E-state index is -0.639. The molecule has 2 aromatic heterocycles. The average Bonchev–Trinajstić information content (AvgIpc) is 2.94. The van der Waals surface area contributed by atoms with E-state index in [9.17, 15) is 14.0 Å². The molecule has 0 spiro atoms. The Morgan fingerprint density at radius 3 is 2.60 bits per heavy atom. The van der Waals surface area contributed by atoms with Crippen molar-refractivity contribution in [1.29, 1.82) is 0 Å². The third-order valence-corrected chi connectivity index (χ3v) is 3.77. The van der Waals surface area contributed by atoms with E-state index in [4.69, 9.17) is 0 Å². The zero-order valence-corrected chi connectivity index (χ0v) is 14.0. The second kappa shape index (κ2) is 6.84. The number of pyridine rings is 1. The fraction of sp³-hybridized carbons (Fsp3) is 0.211. The van der Waals surface area contributed by atoms with Gasteiger partial charge in [-0.1, -0.05) is 12.1 Å². The summed E-state index contributed by atoms with van der Waals surface area (Å²) < 4.78 is 14.9. The van der Waals surface area contributed by atoms with E-state index in [0.29, 0.717) is 23.1 Å². The predicted octanol–water partition coefficient (Wildman–Crippen LogP) is 2.93. The van der Waals surface area contributed by atoms with Crippen LogP contribution >= 0.6 is 0 Å². The van der Waals surface area contributed by atoms with Crippen LogP contribution in [0.4, 0.5) is 4.39 Å². The number of carbonyl (C=O) groups excluding carboxylic acids is 2. The maximum atomic E-state index is 13.1. The van der Waals surface area contributed by atoms with Crippen molar-refractivity contribution in [1.82, 2.24) is 14.9 Å². The van der Waals surface area contributed by atoms with Gasteiger partial charge in [-0.05, 0) is 43.7 Å². The largest absolute Gasteiger partial charge is 0.347 e. The minimum absolute atomic E-state index is 0.123. The molecule has 0 bridgehead atoms. The van der Waals surface area contributed by atoms with Gasteiger partial charge in [0, 0.05) is 30.4 Å². The van der Waals surface area contributed by atoms with Crippen molar-refractivity contribution < 1.29 is 14.0 Å². The van der Waals surface area contributed by atoms with Gasteiger partial charge in [-0.3, -0.25) is 9.59 Å². The van der Waals surface area contributed by atoms with Crippen LogP contribution in [0.5, 0.6) is 0 Å². The van der Waals surface area contributed by atoms with E-state index >= 15 is 0 Å². The fourth-order valence-electron chi connectivity index (χ4n) is 2.66. The summed E-state index contributed by atoms with van der Waals surface area (Å²) in [5.74, 6) is -1.54. The number of amides is 1. The monoisotopic (exact) mass is 339 g/mol. The Kier molecular flexibility index (Phi) is 4.61. The summed E-state index contributed by atoms with van der Waals surface area (Å²) in [4.78, 5) is 28.9. The van der Waals surface area contributed by atoms with E-state index in [1.54, 1.807) is 55.1 Å². The highest BCUT2D eigenvalue weighted by molar-refractivity contribution is 6.44. The lowest BCUT2D eigenvalue weighted by atomic mass is 10.1. The molecule has 128 valence electrons. The van der Waals surface area contributed by atoms with E-state index in [1.165, 1.54) is 12.1 Å². The number of rotatable bonds is 5. The van der Waals surface area contributed by atoms with Gasteiger partial charge in [0.1, 0.15) is 11.5 Å².